The van der Waals surface area contributed by atoms with Gasteiger partial charge >= 0.3 is 0 Å². The largest absolute Gasteiger partial charge is 0.322 e. The van der Waals surface area contributed by atoms with Crippen LogP contribution >= 0.6 is 11.3 Å². The molecule has 0 saturated carbocycles. The number of imidazole rings is 1. The van der Waals surface area contributed by atoms with Gasteiger partial charge < -0.3 is 5.32 Å². The quantitative estimate of drug-likeness (QED) is 0.514. The fourth-order valence-corrected chi connectivity index (χ4v) is 3.64. The van der Waals surface area contributed by atoms with Crippen LogP contribution in [0.4, 0.5) is 5.69 Å². The van der Waals surface area contributed by atoms with Crippen LogP contribution in [0.5, 0.6) is 0 Å². The van der Waals surface area contributed by atoms with Gasteiger partial charge in [0.25, 0.3) is 5.91 Å². The number of carbonyl (C=O) groups excluding carboxylic acids is 1. The predicted octanol–water partition coefficient (Wildman–Crippen LogP) is 4.26. The number of hydrogen-bond acceptors (Lipinski definition) is 5. The lowest BCUT2D eigenvalue weighted by atomic mass is 10.1. The van der Waals surface area contributed by atoms with Crippen molar-refractivity contribution in [3.63, 3.8) is 0 Å². The van der Waals surface area contributed by atoms with E-state index < -0.39 is 0 Å². The molecule has 5 rings (SSSR count). The lowest BCUT2D eigenvalue weighted by Crippen LogP contribution is -2.11. The van der Waals surface area contributed by atoms with E-state index in [-0.39, 0.29) is 5.91 Å². The van der Waals surface area contributed by atoms with Crippen LogP contribution in [0.25, 0.3) is 27.3 Å². The van der Waals surface area contributed by atoms with E-state index in [1.165, 1.54) is 11.3 Å². The van der Waals surface area contributed by atoms with E-state index in [0.29, 0.717) is 17.0 Å². The van der Waals surface area contributed by atoms with Crippen LogP contribution in [0.1, 0.15) is 10.4 Å². The molecule has 27 heavy (non-hydrogen) atoms. The highest BCUT2D eigenvalue weighted by Gasteiger charge is 2.10. The number of nitrogens with zero attached hydrogens (tertiary/aromatic N) is 4. The van der Waals surface area contributed by atoms with Crippen molar-refractivity contribution in [3.8, 4) is 11.3 Å². The highest BCUT2D eigenvalue weighted by Crippen LogP contribution is 2.23. The van der Waals surface area contributed by atoms with E-state index in [1.807, 2.05) is 59.3 Å². The average Bonchev–Trinajstić information content (AvgIpc) is 3.34. The molecule has 0 atom stereocenters. The Morgan fingerprint density at radius 2 is 2.04 bits per heavy atom. The maximum atomic E-state index is 12.6. The van der Waals surface area contributed by atoms with Crippen LogP contribution < -0.4 is 5.32 Å². The summed E-state index contributed by atoms with van der Waals surface area (Å²) in [5.41, 5.74) is 5.71. The van der Waals surface area contributed by atoms with Crippen molar-refractivity contribution in [2.24, 2.45) is 0 Å². The summed E-state index contributed by atoms with van der Waals surface area (Å²) < 4.78 is 2.86. The summed E-state index contributed by atoms with van der Waals surface area (Å²) in [5, 5.41) is 2.95. The number of benzene rings is 2. The molecule has 0 aliphatic carbocycles. The molecule has 1 N–H and O–H groups in total. The Labute approximate surface area is 158 Å². The van der Waals surface area contributed by atoms with Crippen molar-refractivity contribution < 1.29 is 4.79 Å². The van der Waals surface area contributed by atoms with Gasteiger partial charge in [0.15, 0.2) is 0 Å². The topological polar surface area (TPSA) is 72.2 Å². The van der Waals surface area contributed by atoms with E-state index in [1.54, 1.807) is 17.8 Å². The van der Waals surface area contributed by atoms with Crippen LogP contribution in [-0.4, -0.2) is 25.3 Å². The third-order valence-electron chi connectivity index (χ3n) is 4.25. The number of amides is 1. The van der Waals surface area contributed by atoms with Gasteiger partial charge in [-0.15, -0.1) is 11.3 Å². The van der Waals surface area contributed by atoms with E-state index in [9.17, 15) is 4.79 Å². The number of nitrogens with one attached hydrogen (secondary N) is 1. The molecule has 5 aromatic rings. The molecule has 0 bridgehead atoms. The molecule has 0 radical (unpaired) electrons. The molecule has 2 aromatic carbocycles. The number of hydrogen-bond donors (Lipinski definition) is 1. The van der Waals surface area contributed by atoms with Crippen molar-refractivity contribution >= 4 is 38.9 Å². The lowest BCUT2D eigenvalue weighted by Gasteiger charge is -2.07. The predicted molar refractivity (Wildman–Crippen MR) is 106 cm³/mol. The number of rotatable bonds is 3. The van der Waals surface area contributed by atoms with Gasteiger partial charge in [0.1, 0.15) is 0 Å². The second kappa shape index (κ2) is 6.30. The van der Waals surface area contributed by atoms with Gasteiger partial charge in [0.2, 0.25) is 5.78 Å². The molecule has 0 saturated heterocycles. The van der Waals surface area contributed by atoms with Crippen LogP contribution in [0.2, 0.25) is 0 Å². The lowest BCUT2D eigenvalue weighted by molar-refractivity contribution is 0.102. The minimum Gasteiger partial charge on any atom is -0.322 e. The zero-order valence-corrected chi connectivity index (χ0v) is 14.9. The van der Waals surface area contributed by atoms with Gasteiger partial charge in [-0.3, -0.25) is 9.20 Å². The van der Waals surface area contributed by atoms with Crippen molar-refractivity contribution in [3.05, 3.63) is 78.2 Å². The molecule has 6 nitrogen and oxygen atoms in total. The molecular formula is C20H13N5OS. The fourth-order valence-electron chi connectivity index (χ4n) is 2.92. The van der Waals surface area contributed by atoms with E-state index in [4.69, 9.17) is 0 Å². The van der Waals surface area contributed by atoms with Crippen molar-refractivity contribution in [2.75, 3.05) is 5.32 Å². The van der Waals surface area contributed by atoms with Crippen LogP contribution in [0, 0.1) is 0 Å². The number of fused-ring (bicyclic) bond motifs is 2. The van der Waals surface area contributed by atoms with Gasteiger partial charge in [-0.25, -0.2) is 15.0 Å². The Kier molecular flexibility index (Phi) is 3.65. The molecule has 130 valence electrons. The fraction of sp³-hybridized carbons (Fsp3) is 0. The van der Waals surface area contributed by atoms with E-state index in [2.05, 4.69) is 20.3 Å². The third kappa shape index (κ3) is 2.94. The van der Waals surface area contributed by atoms with Gasteiger partial charge in [-0.2, -0.15) is 0 Å². The second-order valence-corrected chi connectivity index (χ2v) is 6.91. The molecule has 1 amide bonds. The molecule has 0 aliphatic rings. The van der Waals surface area contributed by atoms with E-state index >= 15 is 0 Å². The second-order valence-electron chi connectivity index (χ2n) is 6.02. The van der Waals surface area contributed by atoms with E-state index in [0.717, 1.165) is 21.5 Å². The Morgan fingerprint density at radius 1 is 1.07 bits per heavy atom. The molecule has 7 heteroatoms. The average molecular weight is 371 g/mol. The van der Waals surface area contributed by atoms with Crippen molar-refractivity contribution in [1.29, 1.82) is 0 Å². The first-order chi connectivity index (χ1) is 13.3. The highest BCUT2D eigenvalue weighted by atomic mass is 32.1. The number of thiazole rings is 1. The molecule has 0 unspecified atom stereocenters. The Hall–Kier alpha value is -3.58. The third-order valence-corrected chi connectivity index (χ3v) is 5.04. The summed E-state index contributed by atoms with van der Waals surface area (Å²) >= 11 is 1.52. The number of carbonyl (C=O) groups is 1. The smallest absolute Gasteiger partial charge is 0.255 e. The highest BCUT2D eigenvalue weighted by molar-refractivity contribution is 7.16. The minimum absolute atomic E-state index is 0.154. The first-order valence-electron chi connectivity index (χ1n) is 8.31. The van der Waals surface area contributed by atoms with Gasteiger partial charge in [-0.05, 0) is 36.4 Å². The van der Waals surface area contributed by atoms with Crippen LogP contribution in [0.3, 0.4) is 0 Å². The summed E-state index contributed by atoms with van der Waals surface area (Å²) in [7, 11) is 0. The monoisotopic (exact) mass is 371 g/mol. The summed E-state index contributed by atoms with van der Waals surface area (Å²) in [5.74, 6) is 0.485. The zero-order chi connectivity index (χ0) is 18.2. The summed E-state index contributed by atoms with van der Waals surface area (Å²) in [6, 6.07) is 15.0. The maximum absolute atomic E-state index is 12.6. The zero-order valence-electron chi connectivity index (χ0n) is 14.0. The first-order valence-corrected chi connectivity index (χ1v) is 9.19. The molecule has 0 fully saturated rings. The van der Waals surface area contributed by atoms with Crippen molar-refractivity contribution in [1.82, 2.24) is 19.4 Å². The first kappa shape index (κ1) is 15.7. The van der Waals surface area contributed by atoms with Crippen LogP contribution in [-0.2, 0) is 0 Å². The normalized spacial score (nSPS) is 11.1. The SMILES string of the molecule is O=C(Nc1cccc(-c2cn3cccnc3n2)c1)c1ccc2ncsc2c1. The standard InChI is InChI=1S/C20H13N5OS/c26-19(14-5-6-16-18(10-14)27-12-22-16)23-15-4-1-3-13(9-15)17-11-25-8-2-7-21-20(25)24-17/h1-12H,(H,23,26). The van der Waals surface area contributed by atoms with Gasteiger partial charge in [0, 0.05) is 35.4 Å². The molecule has 0 spiro atoms. The van der Waals surface area contributed by atoms with Gasteiger partial charge in [-0.1, -0.05) is 12.1 Å². The van der Waals surface area contributed by atoms with Crippen molar-refractivity contribution in [2.45, 2.75) is 0 Å². The number of aromatic nitrogens is 4. The Morgan fingerprint density at radius 3 is 2.96 bits per heavy atom. The summed E-state index contributed by atoms with van der Waals surface area (Å²) in [6.07, 6.45) is 5.53. The summed E-state index contributed by atoms with van der Waals surface area (Å²) in [6.45, 7) is 0. The minimum atomic E-state index is -0.154. The van der Waals surface area contributed by atoms with Crippen LogP contribution in [0.15, 0.2) is 72.6 Å². The number of anilines is 1. The molecule has 3 aromatic heterocycles. The summed E-state index contributed by atoms with van der Waals surface area (Å²) in [4.78, 5) is 25.6. The van der Waals surface area contributed by atoms with Gasteiger partial charge in [0.05, 0.1) is 21.4 Å². The molecule has 3 heterocycles. The Bertz CT molecular complexity index is 1260. The maximum Gasteiger partial charge on any atom is 0.255 e. The Balaban J connectivity index is 1.43. The molecule has 0 aliphatic heterocycles. The molecular weight excluding hydrogens is 358 g/mol.